The summed E-state index contributed by atoms with van der Waals surface area (Å²) in [5.74, 6) is 0.853. The fraction of sp³-hybridized carbons (Fsp3) is 0.381. The van der Waals surface area contributed by atoms with Gasteiger partial charge in [-0.3, -0.25) is 14.0 Å². The smallest absolute Gasteiger partial charge is 0.258 e. The third-order valence-corrected chi connectivity index (χ3v) is 6.75. The van der Waals surface area contributed by atoms with Crippen molar-refractivity contribution in [2.75, 3.05) is 5.75 Å². The molecular formula is C21H25N3O2S2. The quantitative estimate of drug-likeness (QED) is 0.658. The zero-order valence-electron chi connectivity index (χ0n) is 16.8. The standard InChI is InChI=1S/C21H25N3O2S2/c1-12-6-14(3)18(7-13(12)2)16(5)22-19(25)11-27-10-17-8-20(26)24-15(4)9-28-21(24)23-17/h6-9,16H,10-11H2,1-5H3,(H,22,25)/t16-/m0/s1. The van der Waals surface area contributed by atoms with Gasteiger partial charge in [-0.25, -0.2) is 4.98 Å². The van der Waals surface area contributed by atoms with E-state index in [-0.39, 0.29) is 17.5 Å². The molecule has 0 aliphatic heterocycles. The molecule has 7 heteroatoms. The summed E-state index contributed by atoms with van der Waals surface area (Å²) in [6.07, 6.45) is 0. The van der Waals surface area contributed by atoms with E-state index < -0.39 is 0 Å². The van der Waals surface area contributed by atoms with Crippen molar-refractivity contribution in [2.24, 2.45) is 0 Å². The molecule has 0 aliphatic carbocycles. The topological polar surface area (TPSA) is 63.5 Å². The second-order valence-electron chi connectivity index (χ2n) is 7.16. The maximum atomic E-state index is 12.3. The molecule has 0 fully saturated rings. The maximum absolute atomic E-state index is 12.3. The number of thioether (sulfide) groups is 1. The van der Waals surface area contributed by atoms with Crippen molar-refractivity contribution in [1.29, 1.82) is 0 Å². The monoisotopic (exact) mass is 415 g/mol. The van der Waals surface area contributed by atoms with Crippen molar-refractivity contribution >= 4 is 34.0 Å². The van der Waals surface area contributed by atoms with Gasteiger partial charge in [0.05, 0.1) is 17.5 Å². The van der Waals surface area contributed by atoms with E-state index in [1.54, 1.807) is 10.5 Å². The fourth-order valence-electron chi connectivity index (χ4n) is 3.23. The highest BCUT2D eigenvalue weighted by Crippen LogP contribution is 2.22. The first-order chi connectivity index (χ1) is 13.3. The fourth-order valence-corrected chi connectivity index (χ4v) is 4.85. The molecule has 1 aromatic carbocycles. The van der Waals surface area contributed by atoms with Gasteiger partial charge in [-0.05, 0) is 56.9 Å². The Hall–Kier alpha value is -2.12. The zero-order valence-corrected chi connectivity index (χ0v) is 18.5. The van der Waals surface area contributed by atoms with E-state index in [1.165, 1.54) is 39.8 Å². The van der Waals surface area contributed by atoms with Crippen molar-refractivity contribution in [2.45, 2.75) is 46.4 Å². The molecule has 148 valence electrons. The van der Waals surface area contributed by atoms with E-state index in [2.05, 4.69) is 43.2 Å². The van der Waals surface area contributed by atoms with Gasteiger partial charge in [-0.2, -0.15) is 0 Å². The number of nitrogens with one attached hydrogen (secondary N) is 1. The van der Waals surface area contributed by atoms with Crippen LogP contribution in [0.4, 0.5) is 0 Å². The summed E-state index contributed by atoms with van der Waals surface area (Å²) in [4.78, 5) is 29.8. The maximum Gasteiger partial charge on any atom is 0.258 e. The minimum absolute atomic E-state index is 0.0140. The van der Waals surface area contributed by atoms with Crippen LogP contribution < -0.4 is 10.9 Å². The highest BCUT2D eigenvalue weighted by Gasteiger charge is 2.13. The van der Waals surface area contributed by atoms with E-state index in [0.29, 0.717) is 22.2 Å². The van der Waals surface area contributed by atoms with E-state index >= 15 is 0 Å². The van der Waals surface area contributed by atoms with Gasteiger partial charge in [0.25, 0.3) is 5.56 Å². The first-order valence-corrected chi connectivity index (χ1v) is 11.2. The summed E-state index contributed by atoms with van der Waals surface area (Å²) in [6, 6.07) is 5.83. The SMILES string of the molecule is Cc1cc(C)c([C@H](C)NC(=O)CSCc2cc(=O)n3c(C)csc3n2)cc1C. The number of carbonyl (C=O) groups is 1. The lowest BCUT2D eigenvalue weighted by Crippen LogP contribution is -2.28. The average Bonchev–Trinajstić information content (AvgIpc) is 2.99. The predicted molar refractivity (Wildman–Crippen MR) is 117 cm³/mol. The highest BCUT2D eigenvalue weighted by atomic mass is 32.2. The average molecular weight is 416 g/mol. The number of thiazole rings is 1. The van der Waals surface area contributed by atoms with Crippen LogP contribution in [0, 0.1) is 27.7 Å². The van der Waals surface area contributed by atoms with E-state index in [1.807, 2.05) is 19.2 Å². The normalized spacial score (nSPS) is 12.3. The number of rotatable bonds is 6. The molecule has 5 nitrogen and oxygen atoms in total. The van der Waals surface area contributed by atoms with E-state index in [4.69, 9.17) is 0 Å². The molecular weight excluding hydrogens is 390 g/mol. The van der Waals surface area contributed by atoms with Gasteiger partial charge >= 0.3 is 0 Å². The number of carbonyl (C=O) groups excluding carboxylic acids is 1. The Morgan fingerprint density at radius 3 is 2.64 bits per heavy atom. The molecule has 2 heterocycles. The van der Waals surface area contributed by atoms with Crippen LogP contribution in [0.5, 0.6) is 0 Å². The molecule has 0 saturated carbocycles. The highest BCUT2D eigenvalue weighted by molar-refractivity contribution is 7.99. The van der Waals surface area contributed by atoms with Crippen LogP contribution in [0.25, 0.3) is 4.96 Å². The minimum Gasteiger partial charge on any atom is -0.349 e. The first-order valence-electron chi connectivity index (χ1n) is 9.18. The van der Waals surface area contributed by atoms with Crippen molar-refractivity contribution in [3.8, 4) is 0 Å². The summed E-state index contributed by atoms with van der Waals surface area (Å²) in [6.45, 7) is 10.2. The van der Waals surface area contributed by atoms with Crippen molar-refractivity contribution in [3.63, 3.8) is 0 Å². The number of aromatic nitrogens is 2. The van der Waals surface area contributed by atoms with Crippen LogP contribution in [-0.4, -0.2) is 21.0 Å². The molecule has 3 rings (SSSR count). The Labute approximate surface area is 173 Å². The zero-order chi connectivity index (χ0) is 20.4. The molecule has 3 aromatic rings. The van der Waals surface area contributed by atoms with E-state index in [9.17, 15) is 9.59 Å². The molecule has 1 atom stereocenters. The van der Waals surface area contributed by atoms with Gasteiger partial charge in [0.15, 0.2) is 4.96 Å². The summed E-state index contributed by atoms with van der Waals surface area (Å²) >= 11 is 2.92. The van der Waals surface area contributed by atoms with Crippen LogP contribution in [0.2, 0.25) is 0 Å². The van der Waals surface area contributed by atoms with Crippen molar-refractivity contribution in [3.05, 3.63) is 67.6 Å². The van der Waals surface area contributed by atoms with Crippen LogP contribution in [0.1, 0.15) is 46.6 Å². The Balaban J connectivity index is 1.57. The summed E-state index contributed by atoms with van der Waals surface area (Å²) < 4.78 is 1.61. The van der Waals surface area contributed by atoms with Gasteiger partial charge in [-0.15, -0.1) is 23.1 Å². The number of nitrogens with zero attached hydrogens (tertiary/aromatic N) is 2. The molecule has 0 bridgehead atoms. The molecule has 0 unspecified atom stereocenters. The van der Waals surface area contributed by atoms with Crippen LogP contribution in [0.15, 0.2) is 28.4 Å². The first kappa shape index (κ1) is 20.6. The van der Waals surface area contributed by atoms with Crippen LogP contribution >= 0.6 is 23.1 Å². The van der Waals surface area contributed by atoms with Crippen molar-refractivity contribution < 1.29 is 4.79 Å². The molecule has 28 heavy (non-hydrogen) atoms. The second-order valence-corrected chi connectivity index (χ2v) is 8.98. The molecule has 1 N–H and O–H groups in total. The summed E-state index contributed by atoms with van der Waals surface area (Å²) in [5, 5.41) is 4.99. The second kappa shape index (κ2) is 8.49. The lowest BCUT2D eigenvalue weighted by Gasteiger charge is -2.18. The molecule has 0 saturated heterocycles. The van der Waals surface area contributed by atoms with Gasteiger partial charge < -0.3 is 5.32 Å². The van der Waals surface area contributed by atoms with Gasteiger partial charge in [0.2, 0.25) is 5.91 Å². The molecule has 0 aliphatic rings. The number of benzene rings is 1. The predicted octanol–water partition coefficient (Wildman–Crippen LogP) is 4.10. The lowest BCUT2D eigenvalue weighted by atomic mass is 9.96. The number of amides is 1. The lowest BCUT2D eigenvalue weighted by molar-refractivity contribution is -0.119. The third kappa shape index (κ3) is 4.47. The molecule has 0 spiro atoms. The number of hydrogen-bond acceptors (Lipinski definition) is 5. The minimum atomic E-state index is -0.0670. The van der Waals surface area contributed by atoms with Gasteiger partial charge in [0, 0.05) is 22.9 Å². The van der Waals surface area contributed by atoms with Gasteiger partial charge in [0.1, 0.15) is 0 Å². The summed E-state index contributed by atoms with van der Waals surface area (Å²) in [5.41, 5.74) is 6.36. The number of hydrogen-bond donors (Lipinski definition) is 1. The van der Waals surface area contributed by atoms with Crippen LogP contribution in [-0.2, 0) is 10.5 Å². The largest absolute Gasteiger partial charge is 0.349 e. The Morgan fingerprint density at radius 2 is 1.89 bits per heavy atom. The van der Waals surface area contributed by atoms with Crippen LogP contribution in [0.3, 0.4) is 0 Å². The number of aryl methyl sites for hydroxylation is 4. The molecule has 0 radical (unpaired) electrons. The Bertz CT molecular complexity index is 1090. The Morgan fingerprint density at radius 1 is 1.18 bits per heavy atom. The van der Waals surface area contributed by atoms with Gasteiger partial charge in [-0.1, -0.05) is 12.1 Å². The molecule has 2 aromatic heterocycles. The number of fused-ring (bicyclic) bond motifs is 1. The summed E-state index contributed by atoms with van der Waals surface area (Å²) in [7, 11) is 0. The Kier molecular flexibility index (Phi) is 6.25. The molecule has 1 amide bonds. The van der Waals surface area contributed by atoms with E-state index in [0.717, 1.165) is 11.3 Å². The van der Waals surface area contributed by atoms with Crippen molar-refractivity contribution in [1.82, 2.24) is 14.7 Å². The third-order valence-electron chi connectivity index (χ3n) is 4.84.